The van der Waals surface area contributed by atoms with E-state index in [1.807, 2.05) is 0 Å². The van der Waals surface area contributed by atoms with Gasteiger partial charge in [0, 0.05) is 36.1 Å². The Morgan fingerprint density at radius 1 is 0.714 bits per heavy atom. The molecule has 0 bridgehead atoms. The Morgan fingerprint density at radius 3 is 1.71 bits per heavy atom. The molecule has 0 atom stereocenters. The van der Waals surface area contributed by atoms with Crippen molar-refractivity contribution in [3.63, 3.8) is 0 Å². The Bertz CT molecular complexity index is 1530. The zero-order chi connectivity index (χ0) is 30.4. The topological polar surface area (TPSA) is 294 Å². The number of nitrogens with one attached hydrogen (secondary N) is 3. The number of fused-ring (bicyclic) bond motifs is 3. The quantitative estimate of drug-likeness (QED) is 0.0406. The number of nitrogens with zero attached hydrogens (tertiary/aromatic N) is 3. The smallest absolute Gasteiger partial charge is 0.287 e. The lowest BCUT2D eigenvalue weighted by Crippen LogP contribution is -2.28. The number of hydrogen-bond donors (Lipinski definition) is 9. The summed E-state index contributed by atoms with van der Waals surface area (Å²) in [6.45, 7) is 0.995. The van der Waals surface area contributed by atoms with Gasteiger partial charge in [-0.3, -0.25) is 29.4 Å². The highest BCUT2D eigenvalue weighted by molar-refractivity contribution is 6.35. The van der Waals surface area contributed by atoms with E-state index in [1.165, 1.54) is 6.07 Å². The summed E-state index contributed by atoms with van der Waals surface area (Å²) in [5.41, 5.74) is 33.8. The van der Waals surface area contributed by atoms with Crippen molar-refractivity contribution in [2.45, 2.75) is 0 Å². The lowest BCUT2D eigenvalue weighted by molar-refractivity contribution is 0.0928. The fourth-order valence-electron chi connectivity index (χ4n) is 4.50. The van der Waals surface area contributed by atoms with E-state index in [9.17, 15) is 14.4 Å². The molecule has 1 heterocycles. The lowest BCUT2D eigenvalue weighted by atomic mass is 9.81. The molecule has 220 valence electrons. The van der Waals surface area contributed by atoms with Gasteiger partial charge < -0.3 is 54.8 Å². The lowest BCUT2D eigenvalue weighted by Gasteiger charge is -2.24. The molecule has 0 radical (unpaired) electrons. The molecule has 1 amide bonds. The van der Waals surface area contributed by atoms with E-state index < -0.39 is 11.7 Å². The molecule has 0 unspecified atom stereocenters. The molecular formula is C26H32N12O4. The number of amides is 1. The molecule has 16 heteroatoms. The molecule has 1 aromatic heterocycles. The maximum absolute atomic E-state index is 13.9. The SMILES string of the molecule is NC(N)=NCCNC(=O)c1cc2c(NCCN=C(N)N)c3c(c(NCCN=C(N)N)c2o1)C(=O)c1ccccc1C3=O. The second-order valence-corrected chi connectivity index (χ2v) is 9.09. The van der Waals surface area contributed by atoms with Crippen molar-refractivity contribution in [3.8, 4) is 0 Å². The molecule has 2 aromatic carbocycles. The second kappa shape index (κ2) is 12.6. The number of hydrogen-bond acceptors (Lipinski definition) is 9. The Morgan fingerprint density at radius 2 is 1.19 bits per heavy atom. The molecule has 0 fully saturated rings. The highest BCUT2D eigenvalue weighted by Crippen LogP contribution is 2.44. The third kappa shape index (κ3) is 6.16. The first-order valence-corrected chi connectivity index (χ1v) is 12.8. The first-order valence-electron chi connectivity index (χ1n) is 12.8. The van der Waals surface area contributed by atoms with Gasteiger partial charge in [-0.05, 0) is 6.07 Å². The van der Waals surface area contributed by atoms with E-state index in [0.717, 1.165) is 0 Å². The van der Waals surface area contributed by atoms with Crippen molar-refractivity contribution in [2.75, 3.05) is 49.9 Å². The molecule has 15 N–H and O–H groups in total. The molecule has 1 aliphatic carbocycles. The van der Waals surface area contributed by atoms with Crippen LogP contribution in [0.1, 0.15) is 42.4 Å². The second-order valence-electron chi connectivity index (χ2n) is 9.09. The predicted octanol–water partition coefficient (Wildman–Crippen LogP) is -1.42. The van der Waals surface area contributed by atoms with Crippen molar-refractivity contribution in [1.82, 2.24) is 5.32 Å². The Balaban J connectivity index is 1.88. The van der Waals surface area contributed by atoms with Gasteiger partial charge in [-0.25, -0.2) is 0 Å². The number of benzene rings is 2. The van der Waals surface area contributed by atoms with Crippen molar-refractivity contribution in [3.05, 3.63) is 58.3 Å². The van der Waals surface area contributed by atoms with E-state index in [0.29, 0.717) is 5.39 Å². The number of carbonyl (C=O) groups excluding carboxylic acids is 3. The van der Waals surface area contributed by atoms with Crippen LogP contribution in [0.4, 0.5) is 11.4 Å². The minimum Gasteiger partial charge on any atom is -0.449 e. The molecule has 4 rings (SSSR count). The fraction of sp³-hybridized carbons (Fsp3) is 0.231. The number of ketones is 2. The van der Waals surface area contributed by atoms with Crippen LogP contribution in [-0.2, 0) is 0 Å². The number of anilines is 2. The fourth-order valence-corrected chi connectivity index (χ4v) is 4.50. The van der Waals surface area contributed by atoms with Gasteiger partial charge in [0.1, 0.15) is 0 Å². The van der Waals surface area contributed by atoms with Gasteiger partial charge in [-0.15, -0.1) is 0 Å². The summed E-state index contributed by atoms with van der Waals surface area (Å²) >= 11 is 0. The molecule has 0 spiro atoms. The Labute approximate surface area is 239 Å². The van der Waals surface area contributed by atoms with Crippen molar-refractivity contribution in [1.29, 1.82) is 0 Å². The van der Waals surface area contributed by atoms with Gasteiger partial charge in [0.15, 0.2) is 40.8 Å². The minimum atomic E-state index is -0.561. The van der Waals surface area contributed by atoms with Crippen LogP contribution in [-0.4, -0.2) is 74.6 Å². The van der Waals surface area contributed by atoms with E-state index in [2.05, 4.69) is 30.9 Å². The number of aliphatic imine (C=N–C) groups is 3. The molecule has 16 nitrogen and oxygen atoms in total. The average Bonchev–Trinajstić information content (AvgIpc) is 3.39. The third-order valence-electron chi connectivity index (χ3n) is 6.18. The van der Waals surface area contributed by atoms with Crippen LogP contribution in [0.2, 0.25) is 0 Å². The summed E-state index contributed by atoms with van der Waals surface area (Å²) in [6.07, 6.45) is 0. The first-order chi connectivity index (χ1) is 20.1. The van der Waals surface area contributed by atoms with Crippen LogP contribution >= 0.6 is 0 Å². The molecule has 0 aliphatic heterocycles. The van der Waals surface area contributed by atoms with Crippen LogP contribution in [0.3, 0.4) is 0 Å². The van der Waals surface area contributed by atoms with Crippen LogP contribution in [0.5, 0.6) is 0 Å². The highest BCUT2D eigenvalue weighted by Gasteiger charge is 2.37. The molecular weight excluding hydrogens is 544 g/mol. The van der Waals surface area contributed by atoms with Gasteiger partial charge in [0.25, 0.3) is 5.91 Å². The zero-order valence-electron chi connectivity index (χ0n) is 22.6. The predicted molar refractivity (Wildman–Crippen MR) is 161 cm³/mol. The normalized spacial score (nSPS) is 11.7. The number of guanidine groups is 3. The summed E-state index contributed by atoms with van der Waals surface area (Å²) in [7, 11) is 0. The third-order valence-corrected chi connectivity index (χ3v) is 6.18. The number of rotatable bonds is 12. The molecule has 0 saturated heterocycles. The molecule has 3 aromatic rings. The molecule has 42 heavy (non-hydrogen) atoms. The van der Waals surface area contributed by atoms with Gasteiger partial charge >= 0.3 is 0 Å². The van der Waals surface area contributed by atoms with Crippen LogP contribution in [0.25, 0.3) is 11.0 Å². The van der Waals surface area contributed by atoms with Crippen LogP contribution in [0.15, 0.2) is 49.7 Å². The maximum Gasteiger partial charge on any atom is 0.287 e. The monoisotopic (exact) mass is 576 g/mol. The zero-order valence-corrected chi connectivity index (χ0v) is 22.6. The largest absolute Gasteiger partial charge is 0.449 e. The molecule has 1 aliphatic rings. The van der Waals surface area contributed by atoms with Crippen molar-refractivity contribution < 1.29 is 18.8 Å². The van der Waals surface area contributed by atoms with Crippen molar-refractivity contribution in [2.24, 2.45) is 49.4 Å². The standard InChI is InChI=1S/C26H32N12O4/c27-24(28)36-8-5-33-18-14-11-15(23(41)35-7-10-38-26(31)32)42-22(14)19(34-6-9-37-25(29)30)17-16(18)20(39)12-3-1-2-4-13(12)21(17)40/h1-4,11,33-34H,5-10H2,(H,35,41)(H4,27,28,36)(H4,29,30,37)(H4,31,32,38). The first kappa shape index (κ1) is 29.2. The van der Waals surface area contributed by atoms with Gasteiger partial charge in [0.2, 0.25) is 0 Å². The van der Waals surface area contributed by atoms with Gasteiger partial charge in [0.05, 0.1) is 42.1 Å². The number of nitrogens with two attached hydrogens (primary N) is 6. The number of carbonyl (C=O) groups is 3. The van der Waals surface area contributed by atoms with E-state index in [-0.39, 0.29) is 108 Å². The summed E-state index contributed by atoms with van der Waals surface area (Å²) in [6, 6.07) is 7.99. The van der Waals surface area contributed by atoms with Crippen LogP contribution < -0.4 is 50.4 Å². The van der Waals surface area contributed by atoms with Gasteiger partial charge in [-0.2, -0.15) is 0 Å². The van der Waals surface area contributed by atoms with Gasteiger partial charge in [-0.1, -0.05) is 24.3 Å². The Hall–Kier alpha value is -5.80. The van der Waals surface area contributed by atoms with E-state index in [1.54, 1.807) is 24.3 Å². The Kier molecular flexibility index (Phi) is 8.75. The minimum absolute atomic E-state index is 0.0750. The summed E-state index contributed by atoms with van der Waals surface area (Å²) < 4.78 is 6.02. The summed E-state index contributed by atoms with van der Waals surface area (Å²) in [4.78, 5) is 52.6. The van der Waals surface area contributed by atoms with Crippen molar-refractivity contribution >= 4 is 57.7 Å². The maximum atomic E-state index is 13.9. The van der Waals surface area contributed by atoms with E-state index >= 15 is 0 Å². The summed E-state index contributed by atoms with van der Waals surface area (Å²) in [5, 5.41) is 9.34. The average molecular weight is 577 g/mol. The highest BCUT2D eigenvalue weighted by atomic mass is 16.3. The van der Waals surface area contributed by atoms with E-state index in [4.69, 9.17) is 38.8 Å². The molecule has 0 saturated carbocycles. The summed E-state index contributed by atoms with van der Waals surface area (Å²) in [5.74, 6) is -1.75. The van der Waals surface area contributed by atoms with Crippen LogP contribution in [0, 0.1) is 0 Å². The number of furan rings is 1.